The number of hydrogen-bond donors (Lipinski definition) is 0. The normalized spacial score (nSPS) is 10.8. The van der Waals surface area contributed by atoms with Gasteiger partial charge in [-0.05, 0) is 30.3 Å². The van der Waals surface area contributed by atoms with E-state index < -0.39 is 0 Å². The molecule has 6 heteroatoms. The molecular weight excluding hydrogens is 317 g/mol. The molecule has 122 valence electrons. The van der Waals surface area contributed by atoms with Crippen LogP contribution in [0.4, 0.5) is 4.39 Å². The largest absolute Gasteiger partial charge is 0.253 e. The molecule has 0 aliphatic rings. The summed E-state index contributed by atoms with van der Waals surface area (Å²) in [6, 6.07) is 17.8. The van der Waals surface area contributed by atoms with Crippen molar-refractivity contribution in [2.75, 3.05) is 0 Å². The van der Waals surface area contributed by atoms with Crippen LogP contribution in [0.1, 0.15) is 5.56 Å². The Hall–Kier alpha value is -3.41. The molecule has 0 atom stereocenters. The topological polar surface area (TPSA) is 56.5 Å². The smallest absolute Gasteiger partial charge is 0.200 e. The first-order valence-electron chi connectivity index (χ1n) is 7.82. The number of benzene rings is 1. The lowest BCUT2D eigenvalue weighted by Crippen LogP contribution is -2.06. The van der Waals surface area contributed by atoms with Crippen molar-refractivity contribution in [1.29, 1.82) is 0 Å². The molecule has 0 aliphatic heterocycles. The number of nitrogens with zero attached hydrogens (tertiary/aromatic N) is 5. The zero-order valence-electron chi connectivity index (χ0n) is 13.2. The lowest BCUT2D eigenvalue weighted by molar-refractivity contribution is 0.587. The van der Waals surface area contributed by atoms with E-state index in [2.05, 4.69) is 20.1 Å². The fourth-order valence-corrected chi connectivity index (χ4v) is 2.53. The molecule has 5 nitrogen and oxygen atoms in total. The molecule has 0 bridgehead atoms. The fourth-order valence-electron chi connectivity index (χ4n) is 2.53. The van der Waals surface area contributed by atoms with Gasteiger partial charge in [0.2, 0.25) is 0 Å². The van der Waals surface area contributed by atoms with E-state index in [1.165, 1.54) is 6.07 Å². The molecule has 1 aromatic carbocycles. The van der Waals surface area contributed by atoms with Crippen molar-refractivity contribution in [1.82, 2.24) is 24.7 Å². The van der Waals surface area contributed by atoms with Gasteiger partial charge in [0.1, 0.15) is 17.2 Å². The van der Waals surface area contributed by atoms with Crippen LogP contribution in [0.3, 0.4) is 0 Å². The predicted molar refractivity (Wildman–Crippen MR) is 92.0 cm³/mol. The molecule has 0 spiro atoms. The van der Waals surface area contributed by atoms with E-state index in [-0.39, 0.29) is 12.4 Å². The van der Waals surface area contributed by atoms with E-state index in [0.717, 1.165) is 0 Å². The summed E-state index contributed by atoms with van der Waals surface area (Å²) in [4.78, 5) is 13.2. The molecule has 4 aromatic rings. The molecule has 0 fully saturated rings. The van der Waals surface area contributed by atoms with Gasteiger partial charge in [-0.1, -0.05) is 30.3 Å². The maximum atomic E-state index is 14.0. The number of rotatable bonds is 4. The van der Waals surface area contributed by atoms with Crippen LogP contribution in [0.15, 0.2) is 73.1 Å². The first-order chi connectivity index (χ1) is 12.3. The maximum absolute atomic E-state index is 14.0. The summed E-state index contributed by atoms with van der Waals surface area (Å²) >= 11 is 0. The molecule has 3 heterocycles. The number of aromatic nitrogens is 5. The molecule has 3 aromatic heterocycles. The second-order valence-electron chi connectivity index (χ2n) is 5.44. The van der Waals surface area contributed by atoms with Crippen LogP contribution in [0.2, 0.25) is 0 Å². The molecule has 0 aliphatic carbocycles. The van der Waals surface area contributed by atoms with Crippen LogP contribution in [-0.4, -0.2) is 24.7 Å². The van der Waals surface area contributed by atoms with E-state index in [1.54, 1.807) is 35.3 Å². The summed E-state index contributed by atoms with van der Waals surface area (Å²) in [5, 5.41) is 4.53. The zero-order valence-corrected chi connectivity index (χ0v) is 13.2. The van der Waals surface area contributed by atoms with E-state index in [1.807, 2.05) is 36.4 Å². The van der Waals surface area contributed by atoms with Gasteiger partial charge >= 0.3 is 0 Å². The summed E-state index contributed by atoms with van der Waals surface area (Å²) in [5.74, 6) is 0.784. The van der Waals surface area contributed by atoms with Crippen LogP contribution in [0, 0.1) is 5.82 Å². The van der Waals surface area contributed by atoms with Crippen LogP contribution in [0.25, 0.3) is 23.0 Å². The van der Waals surface area contributed by atoms with Crippen molar-refractivity contribution in [2.45, 2.75) is 6.54 Å². The van der Waals surface area contributed by atoms with Gasteiger partial charge in [-0.3, -0.25) is 9.97 Å². The lowest BCUT2D eigenvalue weighted by atomic mass is 10.2. The van der Waals surface area contributed by atoms with Crippen LogP contribution >= 0.6 is 0 Å². The SMILES string of the molecule is Fc1ccccc1Cn1nc(-c2ccccn2)nc1-c1ccccn1. The Kier molecular flexibility index (Phi) is 4.00. The summed E-state index contributed by atoms with van der Waals surface area (Å²) in [6.45, 7) is 0.262. The molecule has 0 radical (unpaired) electrons. The van der Waals surface area contributed by atoms with Crippen molar-refractivity contribution >= 4 is 0 Å². The Bertz CT molecular complexity index is 983. The summed E-state index contributed by atoms with van der Waals surface area (Å²) in [7, 11) is 0. The molecule has 0 N–H and O–H groups in total. The monoisotopic (exact) mass is 331 g/mol. The molecule has 0 saturated carbocycles. The third kappa shape index (κ3) is 3.14. The summed E-state index contributed by atoms with van der Waals surface area (Å²) < 4.78 is 15.7. The molecule has 0 saturated heterocycles. The highest BCUT2D eigenvalue weighted by atomic mass is 19.1. The van der Waals surface area contributed by atoms with E-state index in [0.29, 0.717) is 28.6 Å². The number of pyridine rings is 2. The van der Waals surface area contributed by atoms with Crippen molar-refractivity contribution in [3.63, 3.8) is 0 Å². The van der Waals surface area contributed by atoms with Gasteiger partial charge < -0.3 is 0 Å². The minimum atomic E-state index is -0.274. The Morgan fingerprint density at radius 3 is 2.16 bits per heavy atom. The minimum absolute atomic E-state index is 0.262. The van der Waals surface area contributed by atoms with Gasteiger partial charge in [-0.2, -0.15) is 0 Å². The highest BCUT2D eigenvalue weighted by molar-refractivity contribution is 5.56. The zero-order chi connectivity index (χ0) is 17.1. The summed E-state index contributed by atoms with van der Waals surface area (Å²) in [6.07, 6.45) is 3.38. The number of halogens is 1. The average molecular weight is 331 g/mol. The van der Waals surface area contributed by atoms with E-state index >= 15 is 0 Å². The first-order valence-corrected chi connectivity index (χ1v) is 7.82. The van der Waals surface area contributed by atoms with Crippen molar-refractivity contribution in [3.8, 4) is 23.0 Å². The molecule has 4 rings (SSSR count). The highest BCUT2D eigenvalue weighted by Crippen LogP contribution is 2.21. The van der Waals surface area contributed by atoms with E-state index in [9.17, 15) is 4.39 Å². The minimum Gasteiger partial charge on any atom is -0.253 e. The average Bonchev–Trinajstić information content (AvgIpc) is 3.09. The fraction of sp³-hybridized carbons (Fsp3) is 0.0526. The molecule has 0 amide bonds. The third-order valence-corrected chi connectivity index (χ3v) is 3.74. The van der Waals surface area contributed by atoms with Crippen molar-refractivity contribution in [3.05, 3.63) is 84.4 Å². The van der Waals surface area contributed by atoms with Crippen LogP contribution in [-0.2, 0) is 6.54 Å². The maximum Gasteiger partial charge on any atom is 0.200 e. The second kappa shape index (κ2) is 6.60. The van der Waals surface area contributed by atoms with Crippen molar-refractivity contribution < 1.29 is 4.39 Å². The standard InChI is InChI=1S/C19H14FN5/c20-15-8-2-1-7-14(15)13-25-19(17-10-4-6-12-22-17)23-18(24-25)16-9-3-5-11-21-16/h1-12H,13H2. The second-order valence-corrected chi connectivity index (χ2v) is 5.44. The Labute approximate surface area is 143 Å². The van der Waals surface area contributed by atoms with Gasteiger partial charge in [-0.25, -0.2) is 14.1 Å². The predicted octanol–water partition coefficient (Wildman–Crippen LogP) is 3.59. The molecular formula is C19H14FN5. The van der Waals surface area contributed by atoms with Gasteiger partial charge in [-0.15, -0.1) is 5.10 Å². The van der Waals surface area contributed by atoms with Gasteiger partial charge in [0, 0.05) is 18.0 Å². The lowest BCUT2D eigenvalue weighted by Gasteiger charge is -2.06. The van der Waals surface area contributed by atoms with Crippen LogP contribution < -0.4 is 0 Å². The van der Waals surface area contributed by atoms with Crippen molar-refractivity contribution in [2.24, 2.45) is 0 Å². The number of hydrogen-bond acceptors (Lipinski definition) is 4. The quantitative estimate of drug-likeness (QED) is 0.573. The van der Waals surface area contributed by atoms with Gasteiger partial charge in [0.05, 0.1) is 6.54 Å². The Morgan fingerprint density at radius 1 is 0.800 bits per heavy atom. The Morgan fingerprint density at radius 2 is 1.48 bits per heavy atom. The third-order valence-electron chi connectivity index (χ3n) is 3.74. The van der Waals surface area contributed by atoms with E-state index in [4.69, 9.17) is 0 Å². The van der Waals surface area contributed by atoms with Gasteiger partial charge in [0.25, 0.3) is 0 Å². The molecule has 0 unspecified atom stereocenters. The van der Waals surface area contributed by atoms with Crippen LogP contribution in [0.5, 0.6) is 0 Å². The first kappa shape index (κ1) is 15.1. The summed E-state index contributed by atoms with van der Waals surface area (Å²) in [5.41, 5.74) is 1.87. The Balaban J connectivity index is 1.81. The molecule has 25 heavy (non-hydrogen) atoms. The highest BCUT2D eigenvalue weighted by Gasteiger charge is 2.16. The van der Waals surface area contributed by atoms with Gasteiger partial charge in [0.15, 0.2) is 11.6 Å².